The Morgan fingerprint density at radius 2 is 2.04 bits per heavy atom. The molecule has 0 saturated heterocycles. The number of allylic oxidation sites excluding steroid dienone is 1. The molecular formula is C16H14FN3OS2. The predicted octanol–water partition coefficient (Wildman–Crippen LogP) is 3.32. The van der Waals surface area contributed by atoms with Crippen molar-refractivity contribution in [1.82, 2.24) is 10.6 Å². The molecule has 118 valence electrons. The number of hydrogen-bond donors (Lipinski definition) is 3. The molecule has 3 rings (SSSR count). The second-order valence-electron chi connectivity index (χ2n) is 5.05. The summed E-state index contributed by atoms with van der Waals surface area (Å²) in [6.07, 6.45) is 0. The van der Waals surface area contributed by atoms with E-state index in [-0.39, 0.29) is 17.8 Å². The third-order valence-electron chi connectivity index (χ3n) is 3.44. The smallest absolute Gasteiger partial charge is 0.255 e. The summed E-state index contributed by atoms with van der Waals surface area (Å²) in [4.78, 5) is 13.7. The van der Waals surface area contributed by atoms with Gasteiger partial charge in [-0.1, -0.05) is 6.07 Å². The molecule has 0 fully saturated rings. The zero-order chi connectivity index (χ0) is 16.4. The summed E-state index contributed by atoms with van der Waals surface area (Å²) in [5.74, 6) is -0.601. The second-order valence-corrected chi connectivity index (χ2v) is 6.43. The number of benzene rings is 1. The summed E-state index contributed by atoms with van der Waals surface area (Å²) in [5, 5.41) is 11.3. The minimum Gasteiger partial charge on any atom is -0.350 e. The standard InChI is InChI=1S/C16H14FN3OS2/c1-9-13(15(21)19-11-6-4-10(17)5-7-11)14(20-16(22)18-9)12-3-2-8-23-12/h2-8,14H,1H3,(H,19,21)(H2,18,20,22). The van der Waals surface area contributed by atoms with Crippen LogP contribution in [0.25, 0.3) is 0 Å². The van der Waals surface area contributed by atoms with Crippen molar-refractivity contribution in [3.8, 4) is 0 Å². The van der Waals surface area contributed by atoms with E-state index in [9.17, 15) is 9.18 Å². The van der Waals surface area contributed by atoms with Crippen LogP contribution in [0.4, 0.5) is 10.1 Å². The average Bonchev–Trinajstić information content (AvgIpc) is 3.03. The normalized spacial score (nSPS) is 17.5. The third kappa shape index (κ3) is 3.40. The molecular weight excluding hydrogens is 333 g/mol. The van der Waals surface area contributed by atoms with Crippen LogP contribution in [0.5, 0.6) is 0 Å². The van der Waals surface area contributed by atoms with Crippen LogP contribution in [0.3, 0.4) is 0 Å². The molecule has 0 radical (unpaired) electrons. The lowest BCUT2D eigenvalue weighted by Gasteiger charge is -2.29. The van der Waals surface area contributed by atoms with Crippen LogP contribution in [-0.4, -0.2) is 11.0 Å². The van der Waals surface area contributed by atoms with E-state index in [0.717, 1.165) is 4.88 Å². The highest BCUT2D eigenvalue weighted by Crippen LogP contribution is 2.30. The number of hydrogen-bond acceptors (Lipinski definition) is 3. The van der Waals surface area contributed by atoms with E-state index in [4.69, 9.17) is 12.2 Å². The number of rotatable bonds is 3. The Balaban J connectivity index is 1.90. The SMILES string of the molecule is CC1=C(C(=O)Nc2ccc(F)cc2)C(c2cccs2)NC(=S)N1. The van der Waals surface area contributed by atoms with E-state index in [2.05, 4.69) is 16.0 Å². The Morgan fingerprint density at radius 1 is 1.30 bits per heavy atom. The molecule has 1 aliphatic heterocycles. The van der Waals surface area contributed by atoms with Crippen molar-refractivity contribution in [1.29, 1.82) is 0 Å². The minimum absolute atomic E-state index is 0.255. The quantitative estimate of drug-likeness (QED) is 0.746. The maximum Gasteiger partial charge on any atom is 0.255 e. The number of anilines is 1. The Kier molecular flexibility index (Phi) is 4.40. The number of carbonyl (C=O) groups excluding carboxylic acids is 1. The van der Waals surface area contributed by atoms with Gasteiger partial charge in [0, 0.05) is 16.3 Å². The molecule has 7 heteroatoms. The van der Waals surface area contributed by atoms with Gasteiger partial charge >= 0.3 is 0 Å². The molecule has 0 spiro atoms. The number of thiophene rings is 1. The van der Waals surface area contributed by atoms with Crippen molar-refractivity contribution in [3.05, 3.63) is 63.7 Å². The van der Waals surface area contributed by atoms with Gasteiger partial charge in [0.15, 0.2) is 5.11 Å². The molecule has 0 aliphatic carbocycles. The molecule has 23 heavy (non-hydrogen) atoms. The molecule has 2 heterocycles. The molecule has 0 bridgehead atoms. The Hall–Kier alpha value is -2.25. The van der Waals surface area contributed by atoms with Gasteiger partial charge in [-0.05, 0) is 54.9 Å². The van der Waals surface area contributed by atoms with Crippen molar-refractivity contribution in [2.75, 3.05) is 5.32 Å². The topological polar surface area (TPSA) is 53.2 Å². The minimum atomic E-state index is -0.346. The van der Waals surface area contributed by atoms with Crippen molar-refractivity contribution < 1.29 is 9.18 Å². The summed E-state index contributed by atoms with van der Waals surface area (Å²) in [5.41, 5.74) is 1.80. The fraction of sp³-hybridized carbons (Fsp3) is 0.125. The van der Waals surface area contributed by atoms with Crippen LogP contribution in [0.15, 0.2) is 53.0 Å². The Bertz CT molecular complexity index is 769. The van der Waals surface area contributed by atoms with Gasteiger partial charge in [0.2, 0.25) is 0 Å². The maximum absolute atomic E-state index is 13.0. The lowest BCUT2D eigenvalue weighted by molar-refractivity contribution is -0.113. The third-order valence-corrected chi connectivity index (χ3v) is 4.60. The molecule has 2 aromatic rings. The molecule has 0 saturated carbocycles. The van der Waals surface area contributed by atoms with E-state index >= 15 is 0 Å². The summed E-state index contributed by atoms with van der Waals surface area (Å²) in [6, 6.07) is 9.24. The molecule has 1 atom stereocenters. The van der Waals surface area contributed by atoms with Gasteiger partial charge in [0.05, 0.1) is 11.6 Å². The monoisotopic (exact) mass is 347 g/mol. The summed E-state index contributed by atoms with van der Waals surface area (Å²) in [6.45, 7) is 1.81. The number of thiocarbonyl (C=S) groups is 1. The largest absolute Gasteiger partial charge is 0.350 e. The van der Waals surface area contributed by atoms with Crippen LogP contribution in [0, 0.1) is 5.82 Å². The van der Waals surface area contributed by atoms with Gasteiger partial charge in [-0.25, -0.2) is 4.39 Å². The van der Waals surface area contributed by atoms with E-state index < -0.39 is 0 Å². The molecule has 1 amide bonds. The average molecular weight is 347 g/mol. The summed E-state index contributed by atoms with van der Waals surface area (Å²) >= 11 is 6.74. The van der Waals surface area contributed by atoms with Gasteiger partial charge < -0.3 is 16.0 Å². The van der Waals surface area contributed by atoms with Crippen LogP contribution >= 0.6 is 23.6 Å². The lowest BCUT2D eigenvalue weighted by Crippen LogP contribution is -2.45. The van der Waals surface area contributed by atoms with Crippen molar-refractivity contribution >= 4 is 40.3 Å². The van der Waals surface area contributed by atoms with Gasteiger partial charge in [0.1, 0.15) is 5.82 Å². The zero-order valence-electron chi connectivity index (χ0n) is 12.2. The van der Waals surface area contributed by atoms with Crippen LogP contribution in [0.2, 0.25) is 0 Å². The maximum atomic E-state index is 13.0. The fourth-order valence-corrected chi connectivity index (χ4v) is 3.45. The van der Waals surface area contributed by atoms with E-state index in [0.29, 0.717) is 22.1 Å². The number of carbonyl (C=O) groups is 1. The highest BCUT2D eigenvalue weighted by molar-refractivity contribution is 7.80. The van der Waals surface area contributed by atoms with Gasteiger partial charge in [-0.15, -0.1) is 11.3 Å². The van der Waals surface area contributed by atoms with Crippen LogP contribution < -0.4 is 16.0 Å². The first-order valence-corrected chi connectivity index (χ1v) is 8.22. The van der Waals surface area contributed by atoms with E-state index in [1.54, 1.807) is 11.3 Å². The predicted molar refractivity (Wildman–Crippen MR) is 93.7 cm³/mol. The van der Waals surface area contributed by atoms with Crippen molar-refractivity contribution in [2.45, 2.75) is 13.0 Å². The molecule has 1 aromatic carbocycles. The van der Waals surface area contributed by atoms with Gasteiger partial charge in [-0.3, -0.25) is 4.79 Å². The molecule has 1 unspecified atom stereocenters. The first kappa shape index (κ1) is 15.6. The van der Waals surface area contributed by atoms with E-state index in [1.165, 1.54) is 24.3 Å². The summed E-state index contributed by atoms with van der Waals surface area (Å²) < 4.78 is 13.0. The van der Waals surface area contributed by atoms with Crippen LogP contribution in [0.1, 0.15) is 17.8 Å². The molecule has 1 aliphatic rings. The van der Waals surface area contributed by atoms with Gasteiger partial charge in [0.25, 0.3) is 5.91 Å². The number of nitrogens with one attached hydrogen (secondary N) is 3. The molecule has 3 N–H and O–H groups in total. The summed E-state index contributed by atoms with van der Waals surface area (Å²) in [7, 11) is 0. The molecule has 4 nitrogen and oxygen atoms in total. The zero-order valence-corrected chi connectivity index (χ0v) is 13.9. The Labute approximate surface area is 142 Å². The first-order valence-electron chi connectivity index (χ1n) is 6.93. The Morgan fingerprint density at radius 3 is 2.70 bits per heavy atom. The van der Waals surface area contributed by atoms with Crippen LogP contribution in [-0.2, 0) is 4.79 Å². The van der Waals surface area contributed by atoms with Crippen molar-refractivity contribution in [2.24, 2.45) is 0 Å². The highest BCUT2D eigenvalue weighted by Gasteiger charge is 2.30. The molecule has 1 aromatic heterocycles. The van der Waals surface area contributed by atoms with Gasteiger partial charge in [-0.2, -0.15) is 0 Å². The second kappa shape index (κ2) is 6.47. The number of amides is 1. The lowest BCUT2D eigenvalue weighted by atomic mass is 10.0. The van der Waals surface area contributed by atoms with E-state index in [1.807, 2.05) is 24.4 Å². The fourth-order valence-electron chi connectivity index (χ4n) is 2.40. The highest BCUT2D eigenvalue weighted by atomic mass is 32.1. The first-order chi connectivity index (χ1) is 11.0. The number of halogens is 1. The van der Waals surface area contributed by atoms with Crippen molar-refractivity contribution in [3.63, 3.8) is 0 Å².